The van der Waals surface area contributed by atoms with Crippen LogP contribution in [0.15, 0.2) is 0 Å². The standard InChI is InChI=1S/C16H32O2Si/c1-15(2,3)14-12(17)10-9-11-13(14)18-19(7,8)16(4,5)6/h13-14H,9-11H2,1-8H3/t13-,14+/m0/s1. The van der Waals surface area contributed by atoms with Crippen LogP contribution in [0.1, 0.15) is 60.8 Å². The second-order valence-electron chi connectivity index (χ2n) is 8.62. The summed E-state index contributed by atoms with van der Waals surface area (Å²) >= 11 is 0. The fraction of sp³-hybridized carbons (Fsp3) is 0.938. The summed E-state index contributed by atoms with van der Waals surface area (Å²) in [5.41, 5.74) is 0.00450. The van der Waals surface area contributed by atoms with Gasteiger partial charge in [-0.1, -0.05) is 41.5 Å². The Bertz CT molecular complexity index is 334. The van der Waals surface area contributed by atoms with Crippen molar-refractivity contribution in [3.8, 4) is 0 Å². The lowest BCUT2D eigenvalue weighted by Crippen LogP contribution is -2.51. The van der Waals surface area contributed by atoms with Gasteiger partial charge < -0.3 is 4.43 Å². The highest BCUT2D eigenvalue weighted by Crippen LogP contribution is 2.43. The van der Waals surface area contributed by atoms with E-state index in [-0.39, 0.29) is 22.5 Å². The first-order chi connectivity index (χ1) is 8.36. The summed E-state index contributed by atoms with van der Waals surface area (Å²) in [6.07, 6.45) is 2.90. The van der Waals surface area contributed by atoms with E-state index < -0.39 is 8.32 Å². The van der Waals surface area contributed by atoms with Gasteiger partial charge in [-0.25, -0.2) is 0 Å². The Labute approximate surface area is 120 Å². The summed E-state index contributed by atoms with van der Waals surface area (Å²) in [5, 5.41) is 0.204. The predicted octanol–water partition coefficient (Wildman–Crippen LogP) is 4.79. The maximum absolute atomic E-state index is 12.3. The quantitative estimate of drug-likeness (QED) is 0.681. The summed E-state index contributed by atoms with van der Waals surface area (Å²) in [4.78, 5) is 12.3. The van der Waals surface area contributed by atoms with Crippen molar-refractivity contribution in [2.45, 2.75) is 85.0 Å². The first-order valence-corrected chi connectivity index (χ1v) is 10.5. The summed E-state index contributed by atoms with van der Waals surface area (Å²) in [6, 6.07) is 0. The third-order valence-electron chi connectivity index (χ3n) is 4.82. The molecule has 3 heteroatoms. The van der Waals surface area contributed by atoms with Crippen LogP contribution in [-0.4, -0.2) is 20.2 Å². The van der Waals surface area contributed by atoms with Crippen LogP contribution in [0, 0.1) is 11.3 Å². The van der Waals surface area contributed by atoms with Crippen LogP contribution in [0.25, 0.3) is 0 Å². The first-order valence-electron chi connectivity index (χ1n) is 7.57. The maximum atomic E-state index is 12.3. The van der Waals surface area contributed by atoms with Crippen molar-refractivity contribution in [1.29, 1.82) is 0 Å². The monoisotopic (exact) mass is 284 g/mol. The number of carbonyl (C=O) groups excluding carboxylic acids is 1. The van der Waals surface area contributed by atoms with Gasteiger partial charge in [0.25, 0.3) is 0 Å². The minimum Gasteiger partial charge on any atom is -0.413 e. The SMILES string of the molecule is CC(C)(C)[C@@H]1C(=O)CCC[C@@H]1O[Si](C)(C)C(C)(C)C. The van der Waals surface area contributed by atoms with Crippen molar-refractivity contribution in [3.05, 3.63) is 0 Å². The molecule has 0 saturated heterocycles. The second-order valence-corrected chi connectivity index (χ2v) is 13.4. The molecule has 0 aromatic carbocycles. The van der Waals surface area contributed by atoms with Crippen LogP contribution in [-0.2, 0) is 9.22 Å². The molecule has 0 heterocycles. The number of rotatable bonds is 2. The zero-order chi connectivity index (χ0) is 15.1. The number of hydrogen-bond donors (Lipinski definition) is 0. The topological polar surface area (TPSA) is 26.3 Å². The molecule has 0 amide bonds. The van der Waals surface area contributed by atoms with Crippen molar-refractivity contribution < 1.29 is 9.22 Å². The summed E-state index contributed by atoms with van der Waals surface area (Å²) in [7, 11) is -1.79. The Hall–Kier alpha value is -0.153. The lowest BCUT2D eigenvalue weighted by atomic mass is 9.70. The molecule has 0 aromatic heterocycles. The van der Waals surface area contributed by atoms with E-state index in [9.17, 15) is 4.79 Å². The Balaban J connectivity index is 2.94. The Morgan fingerprint density at radius 3 is 2.05 bits per heavy atom. The van der Waals surface area contributed by atoms with Crippen LogP contribution >= 0.6 is 0 Å². The molecule has 0 unspecified atom stereocenters. The Kier molecular flexibility index (Phi) is 4.73. The van der Waals surface area contributed by atoms with Gasteiger partial charge in [0.05, 0.1) is 6.10 Å². The van der Waals surface area contributed by atoms with Crippen molar-refractivity contribution in [3.63, 3.8) is 0 Å². The van der Waals surface area contributed by atoms with Gasteiger partial charge in [-0.15, -0.1) is 0 Å². The normalized spacial score (nSPS) is 26.6. The summed E-state index contributed by atoms with van der Waals surface area (Å²) in [5.74, 6) is 0.470. The van der Waals surface area contributed by atoms with Gasteiger partial charge in [0.2, 0.25) is 0 Å². The zero-order valence-electron chi connectivity index (χ0n) is 14.1. The lowest BCUT2D eigenvalue weighted by molar-refractivity contribution is -0.134. The van der Waals surface area contributed by atoms with Crippen molar-refractivity contribution in [2.75, 3.05) is 0 Å². The molecule has 1 fully saturated rings. The van der Waals surface area contributed by atoms with Gasteiger partial charge in [-0.2, -0.15) is 0 Å². The van der Waals surface area contributed by atoms with E-state index in [1.807, 2.05) is 0 Å². The molecule has 1 rings (SSSR count). The number of Topliss-reactive ketones (excluding diaryl/α,β-unsaturated/α-hetero) is 1. The van der Waals surface area contributed by atoms with Gasteiger partial charge in [0.1, 0.15) is 5.78 Å². The van der Waals surface area contributed by atoms with Crippen molar-refractivity contribution in [2.24, 2.45) is 11.3 Å². The van der Waals surface area contributed by atoms with Crippen molar-refractivity contribution in [1.82, 2.24) is 0 Å². The minimum atomic E-state index is -1.79. The molecule has 2 nitrogen and oxygen atoms in total. The molecule has 0 aliphatic heterocycles. The molecule has 0 N–H and O–H groups in total. The fourth-order valence-electron chi connectivity index (χ4n) is 2.73. The molecule has 2 atom stereocenters. The van der Waals surface area contributed by atoms with Crippen molar-refractivity contribution >= 4 is 14.1 Å². The lowest BCUT2D eigenvalue weighted by Gasteiger charge is -2.45. The largest absolute Gasteiger partial charge is 0.413 e. The van der Waals surface area contributed by atoms with Crippen LogP contribution in [0.3, 0.4) is 0 Å². The van der Waals surface area contributed by atoms with Gasteiger partial charge in [-0.05, 0) is 36.4 Å². The van der Waals surface area contributed by atoms with E-state index in [1.165, 1.54) is 0 Å². The highest BCUT2D eigenvalue weighted by atomic mass is 28.4. The highest BCUT2D eigenvalue weighted by Gasteiger charge is 2.46. The number of hydrogen-bond acceptors (Lipinski definition) is 2. The average molecular weight is 285 g/mol. The molecule has 1 aliphatic carbocycles. The smallest absolute Gasteiger partial charge is 0.192 e. The van der Waals surface area contributed by atoms with Gasteiger partial charge in [0.15, 0.2) is 8.32 Å². The van der Waals surface area contributed by atoms with E-state index in [0.717, 1.165) is 19.3 Å². The average Bonchev–Trinajstić information content (AvgIpc) is 2.12. The molecule has 0 aromatic rings. The molecule has 0 spiro atoms. The van der Waals surface area contributed by atoms with Crippen LogP contribution in [0.2, 0.25) is 18.1 Å². The van der Waals surface area contributed by atoms with E-state index >= 15 is 0 Å². The van der Waals surface area contributed by atoms with E-state index in [0.29, 0.717) is 5.78 Å². The first kappa shape index (κ1) is 16.9. The van der Waals surface area contributed by atoms with Crippen LogP contribution < -0.4 is 0 Å². The van der Waals surface area contributed by atoms with E-state index in [2.05, 4.69) is 54.6 Å². The van der Waals surface area contributed by atoms with E-state index in [4.69, 9.17) is 4.43 Å². The van der Waals surface area contributed by atoms with Gasteiger partial charge >= 0.3 is 0 Å². The molecular formula is C16H32O2Si. The third-order valence-corrected chi connectivity index (χ3v) is 9.32. The summed E-state index contributed by atoms with van der Waals surface area (Å²) in [6.45, 7) is 17.9. The highest BCUT2D eigenvalue weighted by molar-refractivity contribution is 6.74. The zero-order valence-corrected chi connectivity index (χ0v) is 15.1. The molecule has 0 bridgehead atoms. The van der Waals surface area contributed by atoms with E-state index in [1.54, 1.807) is 0 Å². The molecule has 1 aliphatic rings. The second kappa shape index (κ2) is 5.32. The predicted molar refractivity (Wildman–Crippen MR) is 83.9 cm³/mol. The minimum absolute atomic E-state index is 0.00450. The number of ketones is 1. The molecule has 112 valence electrons. The van der Waals surface area contributed by atoms with Gasteiger partial charge in [0, 0.05) is 12.3 Å². The fourth-order valence-corrected chi connectivity index (χ4v) is 4.09. The summed E-state index contributed by atoms with van der Waals surface area (Å²) < 4.78 is 6.57. The Morgan fingerprint density at radius 2 is 1.63 bits per heavy atom. The third kappa shape index (κ3) is 3.91. The van der Waals surface area contributed by atoms with Crippen LogP contribution in [0.5, 0.6) is 0 Å². The maximum Gasteiger partial charge on any atom is 0.192 e. The molecular weight excluding hydrogens is 252 g/mol. The molecule has 1 saturated carbocycles. The van der Waals surface area contributed by atoms with Crippen LogP contribution in [0.4, 0.5) is 0 Å². The molecule has 19 heavy (non-hydrogen) atoms. The Morgan fingerprint density at radius 1 is 1.11 bits per heavy atom. The molecule has 0 radical (unpaired) electrons. The van der Waals surface area contributed by atoms with Gasteiger partial charge in [-0.3, -0.25) is 4.79 Å². The number of carbonyl (C=O) groups is 1.